The minimum absolute atomic E-state index is 0.0641. The third kappa shape index (κ3) is 5.77. The van der Waals surface area contributed by atoms with Crippen LogP contribution >= 0.6 is 0 Å². The number of hydrogen-bond donors (Lipinski definition) is 0. The zero-order valence-corrected chi connectivity index (χ0v) is 41.5. The summed E-state index contributed by atoms with van der Waals surface area (Å²) in [4.78, 5) is 5.42. The van der Waals surface area contributed by atoms with E-state index in [1.165, 1.54) is 125 Å². The fourth-order valence-corrected chi connectivity index (χ4v) is 14.5. The lowest BCUT2D eigenvalue weighted by molar-refractivity contribution is 0.332. The number of anilines is 6. The van der Waals surface area contributed by atoms with E-state index in [0.29, 0.717) is 0 Å². The third-order valence-electron chi connectivity index (χ3n) is 17.2. The summed E-state index contributed by atoms with van der Waals surface area (Å²) in [6.45, 7) is 36.8. The Hall–Kier alpha value is -5.02. The predicted octanol–water partition coefficient (Wildman–Crippen LogP) is 14.6. The molecule has 0 N–H and O–H groups in total. The predicted molar refractivity (Wildman–Crippen MR) is 277 cm³/mol. The molecule has 0 fully saturated rings. The molecule has 0 spiro atoms. The molecule has 0 atom stereocenters. The van der Waals surface area contributed by atoms with Crippen LogP contribution in [0.15, 0.2) is 97.1 Å². The van der Waals surface area contributed by atoms with Crippen LogP contribution in [0.1, 0.15) is 159 Å². The first-order valence-electron chi connectivity index (χ1n) is 24.4. The summed E-state index contributed by atoms with van der Waals surface area (Å²) < 4.78 is 0. The van der Waals surface area contributed by atoms with Crippen molar-refractivity contribution in [2.75, 3.05) is 9.80 Å². The Kier molecular flexibility index (Phi) is 8.52. The van der Waals surface area contributed by atoms with Gasteiger partial charge in [-0.1, -0.05) is 144 Å². The molecule has 0 amide bonds. The van der Waals surface area contributed by atoms with Crippen LogP contribution < -0.4 is 26.2 Å². The molecule has 0 aromatic heterocycles. The molecule has 2 nitrogen and oxygen atoms in total. The molecule has 3 heteroatoms. The molecule has 0 unspecified atom stereocenters. The van der Waals surface area contributed by atoms with Crippen molar-refractivity contribution in [2.45, 2.75) is 162 Å². The summed E-state index contributed by atoms with van der Waals surface area (Å²) >= 11 is 0. The van der Waals surface area contributed by atoms with Crippen LogP contribution in [0.3, 0.4) is 0 Å². The molecule has 0 saturated carbocycles. The molecule has 0 saturated heterocycles. The topological polar surface area (TPSA) is 6.48 Å². The summed E-state index contributed by atoms with van der Waals surface area (Å²) in [5.74, 6) is 0. The molecule has 3 aliphatic carbocycles. The van der Waals surface area contributed by atoms with Crippen LogP contribution in [-0.2, 0) is 32.5 Å². The Balaban J connectivity index is 1.26. The van der Waals surface area contributed by atoms with E-state index in [9.17, 15) is 0 Å². The minimum Gasteiger partial charge on any atom is -0.311 e. The van der Waals surface area contributed by atoms with Gasteiger partial charge in [0.15, 0.2) is 0 Å². The smallest absolute Gasteiger partial charge is 0.252 e. The summed E-state index contributed by atoms with van der Waals surface area (Å²) in [7, 11) is 0. The molecule has 0 radical (unpaired) electrons. The molecule has 6 aromatic rings. The van der Waals surface area contributed by atoms with Gasteiger partial charge in [-0.15, -0.1) is 0 Å². The van der Waals surface area contributed by atoms with Crippen molar-refractivity contribution in [3.8, 4) is 11.1 Å². The lowest BCUT2D eigenvalue weighted by atomic mass is 9.33. The lowest BCUT2D eigenvalue weighted by Gasteiger charge is -2.48. The molecule has 2 heterocycles. The molecule has 11 rings (SSSR count). The van der Waals surface area contributed by atoms with E-state index in [0.717, 1.165) is 12.8 Å². The Bertz CT molecular complexity index is 2990. The van der Waals surface area contributed by atoms with Gasteiger partial charge in [0.2, 0.25) is 0 Å². The maximum atomic E-state index is 2.73. The van der Waals surface area contributed by atoms with Crippen LogP contribution in [0.5, 0.6) is 0 Å². The van der Waals surface area contributed by atoms with Crippen molar-refractivity contribution in [1.29, 1.82) is 0 Å². The second-order valence-electron chi connectivity index (χ2n) is 24.9. The first kappa shape index (κ1) is 41.7. The molecule has 5 aliphatic rings. The average molecular weight is 841 g/mol. The summed E-state index contributed by atoms with van der Waals surface area (Å²) in [6, 6.07) is 38.9. The lowest BCUT2D eigenvalue weighted by Crippen LogP contribution is -2.62. The number of benzene rings is 6. The van der Waals surface area contributed by atoms with Crippen LogP contribution in [0.2, 0.25) is 0 Å². The monoisotopic (exact) mass is 841 g/mol. The molecule has 0 bridgehead atoms. The van der Waals surface area contributed by atoms with Crippen molar-refractivity contribution < 1.29 is 0 Å². The van der Waals surface area contributed by atoms with E-state index in [-0.39, 0.29) is 39.2 Å². The summed E-state index contributed by atoms with van der Waals surface area (Å²) in [5, 5.41) is 0. The van der Waals surface area contributed by atoms with E-state index in [1.807, 2.05) is 0 Å². The molecule has 64 heavy (non-hydrogen) atoms. The van der Waals surface area contributed by atoms with E-state index in [2.05, 4.69) is 211 Å². The van der Waals surface area contributed by atoms with Crippen LogP contribution in [0, 0.1) is 20.8 Å². The normalized spacial score (nSPS) is 20.5. The fraction of sp³-hybridized carbons (Fsp3) is 0.410. The van der Waals surface area contributed by atoms with Gasteiger partial charge in [-0.05, 0) is 193 Å². The van der Waals surface area contributed by atoms with Gasteiger partial charge < -0.3 is 9.80 Å². The Morgan fingerprint density at radius 1 is 0.406 bits per heavy atom. The highest BCUT2D eigenvalue weighted by atomic mass is 15.2. The van der Waals surface area contributed by atoms with E-state index in [1.54, 1.807) is 0 Å². The maximum absolute atomic E-state index is 2.73. The average Bonchev–Trinajstić information content (AvgIpc) is 3.53. The number of rotatable bonds is 3. The Labute approximate surface area is 385 Å². The largest absolute Gasteiger partial charge is 0.311 e. The Morgan fingerprint density at radius 2 is 0.938 bits per heavy atom. The van der Waals surface area contributed by atoms with Crippen LogP contribution in [0.4, 0.5) is 34.1 Å². The molecule has 6 aromatic carbocycles. The standard InChI is InChI=1S/C61H69BN2/c1-36-27-52-55-53(28-36)64(49-32-45-42(29-37(49)2)59(10,11)34-60(45,12)13)51-33-44-43(56(4,5)25-26-57(44,6)7)31-47(51)62(55)46-23-21-40(39-19-17-16-18-20-39)30-50(46)63(52)48-24-22-41-54(38(48)3)61(14,15)35-58(41,8)9/h16-24,27-33H,25-26,34-35H2,1-15H3. The van der Waals surface area contributed by atoms with Crippen molar-refractivity contribution in [3.63, 3.8) is 0 Å². The van der Waals surface area contributed by atoms with Crippen molar-refractivity contribution in [3.05, 3.63) is 147 Å². The molecule has 326 valence electrons. The van der Waals surface area contributed by atoms with Gasteiger partial charge in [-0.2, -0.15) is 0 Å². The quantitative estimate of drug-likeness (QED) is 0.164. The van der Waals surface area contributed by atoms with E-state index < -0.39 is 0 Å². The Morgan fingerprint density at radius 3 is 1.59 bits per heavy atom. The third-order valence-corrected chi connectivity index (χ3v) is 17.2. The number of aryl methyl sites for hydroxylation is 2. The van der Waals surface area contributed by atoms with Crippen molar-refractivity contribution in [1.82, 2.24) is 0 Å². The highest BCUT2D eigenvalue weighted by molar-refractivity contribution is 7.00. The van der Waals surface area contributed by atoms with E-state index >= 15 is 0 Å². The van der Waals surface area contributed by atoms with Gasteiger partial charge in [0.1, 0.15) is 0 Å². The summed E-state index contributed by atoms with van der Waals surface area (Å²) in [5.41, 5.74) is 28.3. The SMILES string of the molecule is Cc1cc2c3c(c1)N(c1ccc4c(c1C)C(C)(C)CC4(C)C)c1cc(-c4ccccc4)ccc1B3c1cc3c(cc1N2c1cc2c(cc1C)C(C)(C)CC2(C)C)C(C)(C)CCC3(C)C. The van der Waals surface area contributed by atoms with Crippen molar-refractivity contribution >= 4 is 57.2 Å². The van der Waals surface area contributed by atoms with Gasteiger partial charge in [-0.25, -0.2) is 0 Å². The van der Waals surface area contributed by atoms with Gasteiger partial charge in [0.25, 0.3) is 6.71 Å². The van der Waals surface area contributed by atoms with Gasteiger partial charge in [0.05, 0.1) is 0 Å². The van der Waals surface area contributed by atoms with Crippen molar-refractivity contribution in [2.24, 2.45) is 0 Å². The summed E-state index contributed by atoms with van der Waals surface area (Å²) in [6.07, 6.45) is 4.67. The highest BCUT2D eigenvalue weighted by Gasteiger charge is 2.49. The fourth-order valence-electron chi connectivity index (χ4n) is 14.5. The van der Waals surface area contributed by atoms with Gasteiger partial charge in [0, 0.05) is 34.1 Å². The molecular formula is C61H69BN2. The first-order valence-corrected chi connectivity index (χ1v) is 24.4. The maximum Gasteiger partial charge on any atom is 0.252 e. The van der Waals surface area contributed by atoms with Gasteiger partial charge in [-0.3, -0.25) is 0 Å². The zero-order valence-electron chi connectivity index (χ0n) is 41.5. The number of hydrogen-bond acceptors (Lipinski definition) is 2. The molecule has 2 aliphatic heterocycles. The number of fused-ring (bicyclic) bond motifs is 7. The number of nitrogens with zero attached hydrogens (tertiary/aromatic N) is 2. The molecular weight excluding hydrogens is 771 g/mol. The van der Waals surface area contributed by atoms with Gasteiger partial charge >= 0.3 is 0 Å². The highest BCUT2D eigenvalue weighted by Crippen LogP contribution is 2.57. The van der Waals surface area contributed by atoms with E-state index in [4.69, 9.17) is 0 Å². The second-order valence-corrected chi connectivity index (χ2v) is 24.9. The van der Waals surface area contributed by atoms with Crippen LogP contribution in [-0.4, -0.2) is 6.71 Å². The zero-order chi connectivity index (χ0) is 45.4. The first-order chi connectivity index (χ1) is 29.9. The second kappa shape index (κ2) is 13.1. The minimum atomic E-state index is 0.0641. The van der Waals surface area contributed by atoms with Crippen LogP contribution in [0.25, 0.3) is 11.1 Å².